The Labute approximate surface area is 121 Å². The van der Waals surface area contributed by atoms with Crippen LogP contribution in [0.1, 0.15) is 23.0 Å². The molecule has 0 aliphatic rings. The summed E-state index contributed by atoms with van der Waals surface area (Å²) in [7, 11) is 3.85. The van der Waals surface area contributed by atoms with Crippen molar-refractivity contribution in [3.05, 3.63) is 51.5 Å². The van der Waals surface area contributed by atoms with Gasteiger partial charge < -0.3 is 5.32 Å². The molecule has 0 fully saturated rings. The summed E-state index contributed by atoms with van der Waals surface area (Å²) in [6.45, 7) is 1.98. The molecule has 1 aromatic carbocycles. The Hall–Kier alpha value is -1.20. The van der Waals surface area contributed by atoms with Crippen molar-refractivity contribution in [1.29, 1.82) is 0 Å². The summed E-state index contributed by atoms with van der Waals surface area (Å²) >= 11 is 3.42. The fourth-order valence-electron chi connectivity index (χ4n) is 2.22. The Balaban J connectivity index is 2.27. The van der Waals surface area contributed by atoms with E-state index in [2.05, 4.69) is 32.4 Å². The monoisotopic (exact) mass is 325 g/mol. The maximum Gasteiger partial charge on any atom is 0.124 e. The molecule has 1 aromatic heterocycles. The van der Waals surface area contributed by atoms with E-state index in [4.69, 9.17) is 0 Å². The van der Waals surface area contributed by atoms with Gasteiger partial charge in [0.25, 0.3) is 0 Å². The van der Waals surface area contributed by atoms with Crippen molar-refractivity contribution >= 4 is 15.9 Å². The van der Waals surface area contributed by atoms with Crippen LogP contribution in [-0.2, 0) is 13.5 Å². The Morgan fingerprint density at radius 3 is 2.68 bits per heavy atom. The molecule has 2 rings (SSSR count). The zero-order valence-electron chi connectivity index (χ0n) is 11.2. The number of aryl methyl sites for hydroxylation is 2. The molecule has 0 saturated carbocycles. The Morgan fingerprint density at radius 2 is 2.16 bits per heavy atom. The highest BCUT2D eigenvalue weighted by molar-refractivity contribution is 9.10. The van der Waals surface area contributed by atoms with Gasteiger partial charge in [0.15, 0.2) is 0 Å². The van der Waals surface area contributed by atoms with Crippen LogP contribution in [0.3, 0.4) is 0 Å². The van der Waals surface area contributed by atoms with Crippen LogP contribution in [-0.4, -0.2) is 16.8 Å². The van der Waals surface area contributed by atoms with Crippen molar-refractivity contribution in [2.24, 2.45) is 7.05 Å². The molecular formula is C14H17BrFN3. The van der Waals surface area contributed by atoms with Gasteiger partial charge in [0.1, 0.15) is 5.82 Å². The first-order chi connectivity index (χ1) is 9.01. The van der Waals surface area contributed by atoms with Gasteiger partial charge in [-0.05, 0) is 37.7 Å². The van der Waals surface area contributed by atoms with Crippen molar-refractivity contribution in [2.45, 2.75) is 19.4 Å². The zero-order valence-corrected chi connectivity index (χ0v) is 12.8. The molecule has 5 heteroatoms. The molecule has 1 atom stereocenters. The third-order valence-electron chi connectivity index (χ3n) is 3.20. The lowest BCUT2D eigenvalue weighted by Crippen LogP contribution is -2.20. The van der Waals surface area contributed by atoms with E-state index < -0.39 is 0 Å². The normalized spacial score (nSPS) is 12.7. The van der Waals surface area contributed by atoms with Crippen molar-refractivity contribution in [3.63, 3.8) is 0 Å². The highest BCUT2D eigenvalue weighted by Crippen LogP contribution is 2.26. The van der Waals surface area contributed by atoms with Crippen LogP contribution in [0.5, 0.6) is 0 Å². The van der Waals surface area contributed by atoms with Crippen molar-refractivity contribution in [3.8, 4) is 0 Å². The fourth-order valence-corrected chi connectivity index (χ4v) is 2.84. The predicted octanol–water partition coefficient (Wildman–Crippen LogP) is 3.13. The molecule has 102 valence electrons. The summed E-state index contributed by atoms with van der Waals surface area (Å²) in [6, 6.07) is 6.98. The molecule has 0 aliphatic carbocycles. The molecule has 1 heterocycles. The molecule has 0 amide bonds. The Bertz CT molecular complexity index is 580. The van der Waals surface area contributed by atoms with Gasteiger partial charge in [-0.15, -0.1) is 0 Å². The molecule has 2 aromatic rings. The molecule has 0 aliphatic heterocycles. The van der Waals surface area contributed by atoms with E-state index >= 15 is 0 Å². The molecule has 19 heavy (non-hydrogen) atoms. The van der Waals surface area contributed by atoms with E-state index in [1.165, 1.54) is 12.1 Å². The lowest BCUT2D eigenvalue weighted by atomic mass is 10.0. The van der Waals surface area contributed by atoms with E-state index in [0.717, 1.165) is 27.8 Å². The van der Waals surface area contributed by atoms with Gasteiger partial charge in [0.2, 0.25) is 0 Å². The van der Waals surface area contributed by atoms with Crippen LogP contribution in [0.2, 0.25) is 0 Å². The van der Waals surface area contributed by atoms with Gasteiger partial charge >= 0.3 is 0 Å². The third-order valence-corrected chi connectivity index (χ3v) is 3.89. The first-order valence-electron chi connectivity index (χ1n) is 6.13. The molecule has 0 bridgehead atoms. The van der Waals surface area contributed by atoms with Gasteiger partial charge in [0, 0.05) is 29.7 Å². The third kappa shape index (κ3) is 3.22. The second kappa shape index (κ2) is 5.84. The number of hydrogen-bond acceptors (Lipinski definition) is 2. The SMILES string of the molecule is CNC(Cc1cc(C)nn1C)c1ccc(F)cc1Br. The quantitative estimate of drug-likeness (QED) is 0.935. The predicted molar refractivity (Wildman–Crippen MR) is 77.5 cm³/mol. The summed E-state index contributed by atoms with van der Waals surface area (Å²) in [5.74, 6) is -0.234. The molecule has 0 radical (unpaired) electrons. The van der Waals surface area contributed by atoms with Crippen LogP contribution in [0.25, 0.3) is 0 Å². The minimum Gasteiger partial charge on any atom is -0.313 e. The molecule has 0 saturated heterocycles. The van der Waals surface area contributed by atoms with Crippen LogP contribution in [0, 0.1) is 12.7 Å². The molecule has 0 spiro atoms. The summed E-state index contributed by atoms with van der Waals surface area (Å²) in [6.07, 6.45) is 0.804. The number of nitrogens with zero attached hydrogens (tertiary/aromatic N) is 2. The topological polar surface area (TPSA) is 29.9 Å². The number of halogens is 2. The van der Waals surface area contributed by atoms with Gasteiger partial charge in [0.05, 0.1) is 5.69 Å². The lowest BCUT2D eigenvalue weighted by Gasteiger charge is -2.18. The van der Waals surface area contributed by atoms with Crippen LogP contribution in [0.15, 0.2) is 28.7 Å². The average Bonchev–Trinajstić information content (AvgIpc) is 2.65. The summed E-state index contributed by atoms with van der Waals surface area (Å²) < 4.78 is 15.8. The Morgan fingerprint density at radius 1 is 1.42 bits per heavy atom. The van der Waals surface area contributed by atoms with Gasteiger partial charge in [-0.1, -0.05) is 22.0 Å². The highest BCUT2D eigenvalue weighted by atomic mass is 79.9. The molecular weight excluding hydrogens is 309 g/mol. The van der Waals surface area contributed by atoms with Crippen molar-refractivity contribution in [1.82, 2.24) is 15.1 Å². The van der Waals surface area contributed by atoms with Crippen LogP contribution < -0.4 is 5.32 Å². The minimum atomic E-state index is -0.234. The first kappa shape index (κ1) is 14.2. The standard InChI is InChI=1S/C14H17BrFN3/c1-9-6-11(19(3)18-9)8-14(17-2)12-5-4-10(16)7-13(12)15/h4-7,14,17H,8H2,1-3H3. The van der Waals surface area contributed by atoms with Gasteiger partial charge in [-0.3, -0.25) is 4.68 Å². The summed E-state index contributed by atoms with van der Waals surface area (Å²) in [5.41, 5.74) is 3.20. The second-order valence-electron chi connectivity index (χ2n) is 4.61. The van der Waals surface area contributed by atoms with E-state index in [1.807, 2.05) is 31.8 Å². The maximum atomic E-state index is 13.1. The molecule has 1 N–H and O–H groups in total. The molecule has 3 nitrogen and oxygen atoms in total. The fraction of sp³-hybridized carbons (Fsp3) is 0.357. The first-order valence-corrected chi connectivity index (χ1v) is 6.92. The summed E-state index contributed by atoms with van der Waals surface area (Å²) in [4.78, 5) is 0. The minimum absolute atomic E-state index is 0.116. The number of aromatic nitrogens is 2. The van der Waals surface area contributed by atoms with E-state index in [9.17, 15) is 4.39 Å². The van der Waals surface area contributed by atoms with Gasteiger partial charge in [-0.25, -0.2) is 4.39 Å². The van der Waals surface area contributed by atoms with Crippen molar-refractivity contribution in [2.75, 3.05) is 7.05 Å². The molecule has 1 unspecified atom stereocenters. The zero-order chi connectivity index (χ0) is 14.0. The lowest BCUT2D eigenvalue weighted by molar-refractivity contribution is 0.556. The van der Waals surface area contributed by atoms with E-state index in [0.29, 0.717) is 0 Å². The highest BCUT2D eigenvalue weighted by Gasteiger charge is 2.16. The van der Waals surface area contributed by atoms with Crippen LogP contribution >= 0.6 is 15.9 Å². The number of hydrogen-bond donors (Lipinski definition) is 1. The van der Waals surface area contributed by atoms with Gasteiger partial charge in [-0.2, -0.15) is 5.10 Å². The average molecular weight is 326 g/mol. The second-order valence-corrected chi connectivity index (χ2v) is 5.47. The Kier molecular flexibility index (Phi) is 4.37. The number of nitrogens with one attached hydrogen (secondary N) is 1. The van der Waals surface area contributed by atoms with E-state index in [-0.39, 0.29) is 11.9 Å². The maximum absolute atomic E-state index is 13.1. The number of rotatable bonds is 4. The van der Waals surface area contributed by atoms with E-state index in [1.54, 1.807) is 0 Å². The van der Waals surface area contributed by atoms with Crippen molar-refractivity contribution < 1.29 is 4.39 Å². The summed E-state index contributed by atoms with van der Waals surface area (Å²) in [5, 5.41) is 7.62. The number of likely N-dealkylation sites (N-methyl/N-ethyl adjacent to an activating group) is 1. The van der Waals surface area contributed by atoms with Crippen LogP contribution in [0.4, 0.5) is 4.39 Å². The largest absolute Gasteiger partial charge is 0.313 e. The smallest absolute Gasteiger partial charge is 0.124 e. The number of benzene rings is 1.